The van der Waals surface area contributed by atoms with Crippen LogP contribution >= 0.6 is 0 Å². The second-order valence-corrected chi connectivity index (χ2v) is 8.60. The Labute approximate surface area is 172 Å². The van der Waals surface area contributed by atoms with Gasteiger partial charge in [0.15, 0.2) is 5.76 Å². The molecule has 1 aliphatic carbocycles. The summed E-state index contributed by atoms with van der Waals surface area (Å²) in [4.78, 5) is 12.5. The van der Waals surface area contributed by atoms with E-state index >= 15 is 0 Å². The van der Waals surface area contributed by atoms with E-state index in [1.54, 1.807) is 18.2 Å². The summed E-state index contributed by atoms with van der Waals surface area (Å²) in [6.07, 6.45) is 1.67. The lowest BCUT2D eigenvalue weighted by molar-refractivity contribution is 0.0992. The van der Waals surface area contributed by atoms with E-state index in [0.29, 0.717) is 17.2 Å². The van der Waals surface area contributed by atoms with Gasteiger partial charge in [0.05, 0.1) is 4.90 Å². The smallest absolute Gasteiger partial charge is 0.291 e. The van der Waals surface area contributed by atoms with Gasteiger partial charge in [0.1, 0.15) is 23.9 Å². The first-order chi connectivity index (χ1) is 14.4. The summed E-state index contributed by atoms with van der Waals surface area (Å²) in [6, 6.07) is 14.6. The Morgan fingerprint density at radius 2 is 1.87 bits per heavy atom. The van der Waals surface area contributed by atoms with Crippen LogP contribution in [-0.4, -0.2) is 20.4 Å². The Bertz CT molecular complexity index is 1150. The molecule has 0 bridgehead atoms. The van der Waals surface area contributed by atoms with Gasteiger partial charge in [0.25, 0.3) is 5.91 Å². The van der Waals surface area contributed by atoms with Crippen LogP contribution in [0.1, 0.15) is 29.2 Å². The highest BCUT2D eigenvalue weighted by atomic mass is 32.2. The van der Waals surface area contributed by atoms with Gasteiger partial charge in [-0.25, -0.2) is 17.5 Å². The number of carbonyl (C=O) groups is 1. The van der Waals surface area contributed by atoms with E-state index in [-0.39, 0.29) is 29.1 Å². The maximum atomic E-state index is 12.9. The molecule has 2 N–H and O–H groups in total. The lowest BCUT2D eigenvalue weighted by Gasteiger charge is -2.08. The molecule has 0 saturated heterocycles. The fraction of sp³-hybridized carbons (Fsp3) is 0.190. The number of nitrogens with one attached hydrogen (secondary N) is 2. The topological polar surface area (TPSA) is 97.6 Å². The predicted molar refractivity (Wildman–Crippen MR) is 107 cm³/mol. The zero-order valence-corrected chi connectivity index (χ0v) is 16.6. The number of amides is 1. The summed E-state index contributed by atoms with van der Waals surface area (Å²) >= 11 is 0. The van der Waals surface area contributed by atoms with Crippen LogP contribution in [0.3, 0.4) is 0 Å². The van der Waals surface area contributed by atoms with Gasteiger partial charge in [-0.15, -0.1) is 0 Å². The molecule has 156 valence electrons. The van der Waals surface area contributed by atoms with Crippen LogP contribution in [-0.2, 0) is 16.6 Å². The second kappa shape index (κ2) is 8.29. The fourth-order valence-electron chi connectivity index (χ4n) is 2.69. The van der Waals surface area contributed by atoms with Crippen molar-refractivity contribution in [2.24, 2.45) is 0 Å². The number of benzene rings is 2. The van der Waals surface area contributed by atoms with Crippen LogP contribution < -0.4 is 14.8 Å². The first-order valence-electron chi connectivity index (χ1n) is 9.30. The van der Waals surface area contributed by atoms with Crippen LogP contribution in [0, 0.1) is 5.82 Å². The number of hydrogen-bond donors (Lipinski definition) is 2. The van der Waals surface area contributed by atoms with Crippen molar-refractivity contribution < 1.29 is 26.8 Å². The summed E-state index contributed by atoms with van der Waals surface area (Å²) in [6.45, 7) is 0.0689. The molecule has 0 radical (unpaired) electrons. The molecule has 1 amide bonds. The van der Waals surface area contributed by atoms with Gasteiger partial charge in [0, 0.05) is 11.7 Å². The van der Waals surface area contributed by atoms with Gasteiger partial charge in [0.2, 0.25) is 10.0 Å². The third-order valence-electron chi connectivity index (χ3n) is 4.38. The van der Waals surface area contributed by atoms with Crippen LogP contribution in [0.5, 0.6) is 5.75 Å². The molecule has 3 aromatic rings. The van der Waals surface area contributed by atoms with Gasteiger partial charge < -0.3 is 14.5 Å². The van der Waals surface area contributed by atoms with Crippen molar-refractivity contribution in [1.82, 2.24) is 4.72 Å². The van der Waals surface area contributed by atoms with E-state index in [2.05, 4.69) is 10.0 Å². The Morgan fingerprint density at radius 3 is 2.60 bits per heavy atom. The van der Waals surface area contributed by atoms with Gasteiger partial charge in [-0.1, -0.05) is 6.07 Å². The maximum Gasteiger partial charge on any atom is 0.291 e. The van der Waals surface area contributed by atoms with Crippen molar-refractivity contribution in [3.8, 4) is 5.75 Å². The number of sulfonamides is 1. The molecule has 0 atom stereocenters. The standard InChI is InChI=1S/C21H19FN2O5S/c22-14-4-8-17(9-5-14)28-13-18-10-11-20(29-18)21(25)23-16-2-1-3-19(12-16)30(26,27)24-15-6-7-15/h1-5,8-12,15,24H,6-7,13H2,(H,23,25). The lowest BCUT2D eigenvalue weighted by atomic mass is 10.3. The molecule has 0 spiro atoms. The first-order valence-corrected chi connectivity index (χ1v) is 10.8. The predicted octanol–water partition coefficient (Wildman–Crippen LogP) is 3.69. The highest BCUT2D eigenvalue weighted by Gasteiger charge is 2.28. The quantitative estimate of drug-likeness (QED) is 0.568. The van der Waals surface area contributed by atoms with E-state index in [1.165, 1.54) is 42.5 Å². The Balaban J connectivity index is 1.38. The molecule has 2 aromatic carbocycles. The van der Waals surface area contributed by atoms with Gasteiger partial charge >= 0.3 is 0 Å². The summed E-state index contributed by atoms with van der Waals surface area (Å²) in [7, 11) is -3.62. The van der Waals surface area contributed by atoms with Crippen molar-refractivity contribution >= 4 is 21.6 Å². The van der Waals surface area contributed by atoms with E-state index in [9.17, 15) is 17.6 Å². The monoisotopic (exact) mass is 430 g/mol. The molecule has 0 aliphatic heterocycles. The number of ether oxygens (including phenoxy) is 1. The van der Waals surface area contributed by atoms with Crippen molar-refractivity contribution in [2.75, 3.05) is 5.32 Å². The molecule has 7 nitrogen and oxygen atoms in total. The number of hydrogen-bond acceptors (Lipinski definition) is 5. The van der Waals surface area contributed by atoms with Crippen LogP contribution in [0.4, 0.5) is 10.1 Å². The second-order valence-electron chi connectivity index (χ2n) is 6.89. The first kappa shape index (κ1) is 20.1. The summed E-state index contributed by atoms with van der Waals surface area (Å²) in [5.41, 5.74) is 0.333. The molecule has 1 heterocycles. The number of rotatable bonds is 8. The van der Waals surface area contributed by atoms with Crippen LogP contribution in [0.25, 0.3) is 0 Å². The Kier molecular flexibility index (Phi) is 5.56. The lowest BCUT2D eigenvalue weighted by Crippen LogP contribution is -2.25. The maximum absolute atomic E-state index is 12.9. The molecule has 1 fully saturated rings. The molecule has 1 saturated carbocycles. The summed E-state index contributed by atoms with van der Waals surface area (Å²) in [5.74, 6) is 0.0513. The molecular weight excluding hydrogens is 411 g/mol. The van der Waals surface area contributed by atoms with Crippen LogP contribution in [0.15, 0.2) is 70.0 Å². The molecule has 9 heteroatoms. The van der Waals surface area contributed by atoms with E-state index in [1.807, 2.05) is 0 Å². The minimum absolute atomic E-state index is 0.00749. The average Bonchev–Trinajstić information content (AvgIpc) is 3.39. The van der Waals surface area contributed by atoms with Crippen LogP contribution in [0.2, 0.25) is 0 Å². The molecule has 1 aromatic heterocycles. The number of halogens is 1. The third kappa shape index (κ3) is 5.05. The zero-order chi connectivity index (χ0) is 21.1. The van der Waals surface area contributed by atoms with E-state index in [4.69, 9.17) is 9.15 Å². The summed E-state index contributed by atoms with van der Waals surface area (Å²) in [5, 5.41) is 2.63. The van der Waals surface area contributed by atoms with Crippen molar-refractivity contribution in [1.29, 1.82) is 0 Å². The SMILES string of the molecule is O=C(Nc1cccc(S(=O)(=O)NC2CC2)c1)c1ccc(COc2ccc(F)cc2)o1. The average molecular weight is 430 g/mol. The Morgan fingerprint density at radius 1 is 1.10 bits per heavy atom. The van der Waals surface area contributed by atoms with Crippen molar-refractivity contribution in [3.63, 3.8) is 0 Å². The highest BCUT2D eigenvalue weighted by molar-refractivity contribution is 7.89. The fourth-order valence-corrected chi connectivity index (χ4v) is 4.04. The van der Waals surface area contributed by atoms with Gasteiger partial charge in [-0.05, 0) is 67.4 Å². The van der Waals surface area contributed by atoms with Gasteiger partial charge in [-0.2, -0.15) is 0 Å². The molecule has 1 aliphatic rings. The van der Waals surface area contributed by atoms with Crippen molar-refractivity contribution in [2.45, 2.75) is 30.4 Å². The molecule has 30 heavy (non-hydrogen) atoms. The Hall–Kier alpha value is -3.17. The van der Waals surface area contributed by atoms with Gasteiger partial charge in [-0.3, -0.25) is 4.79 Å². The minimum atomic E-state index is -3.62. The molecule has 4 rings (SSSR count). The highest BCUT2D eigenvalue weighted by Crippen LogP contribution is 2.23. The third-order valence-corrected chi connectivity index (χ3v) is 5.90. The molecular formula is C21H19FN2O5S. The summed E-state index contributed by atoms with van der Waals surface area (Å²) < 4.78 is 51.1. The zero-order valence-electron chi connectivity index (χ0n) is 15.8. The largest absolute Gasteiger partial charge is 0.486 e. The molecule has 0 unspecified atom stereocenters. The van der Waals surface area contributed by atoms with E-state index < -0.39 is 15.9 Å². The number of carbonyl (C=O) groups excluding carboxylic acids is 1. The number of anilines is 1. The normalized spacial score (nSPS) is 13.8. The minimum Gasteiger partial charge on any atom is -0.486 e. The van der Waals surface area contributed by atoms with E-state index in [0.717, 1.165) is 12.8 Å². The number of furan rings is 1. The van der Waals surface area contributed by atoms with Crippen molar-refractivity contribution in [3.05, 3.63) is 78.0 Å².